The third-order valence-corrected chi connectivity index (χ3v) is 5.67. The summed E-state index contributed by atoms with van der Waals surface area (Å²) >= 11 is 0. The number of aliphatic imine (C=N–C) groups is 1. The Labute approximate surface area is 195 Å². The summed E-state index contributed by atoms with van der Waals surface area (Å²) < 4.78 is 7.14. The Hall–Kier alpha value is -1.72. The van der Waals surface area contributed by atoms with Crippen molar-refractivity contribution in [2.45, 2.75) is 45.0 Å². The van der Waals surface area contributed by atoms with Crippen molar-refractivity contribution < 1.29 is 4.74 Å². The van der Waals surface area contributed by atoms with Gasteiger partial charge in [0.05, 0.1) is 6.54 Å². The van der Waals surface area contributed by atoms with E-state index in [9.17, 15) is 0 Å². The molecule has 0 bridgehead atoms. The Kier molecular flexibility index (Phi) is 8.46. The zero-order chi connectivity index (χ0) is 20.1. The molecule has 0 saturated carbocycles. The number of ether oxygens (including phenoxy) is 1. The van der Waals surface area contributed by atoms with Crippen molar-refractivity contribution in [3.8, 4) is 0 Å². The Morgan fingerprint density at radius 2 is 2.10 bits per heavy atom. The van der Waals surface area contributed by atoms with Gasteiger partial charge in [-0.1, -0.05) is 24.3 Å². The average Bonchev–Trinajstić information content (AvgIpc) is 3.15. The Balaban J connectivity index is 0.00000256. The Morgan fingerprint density at radius 1 is 1.27 bits per heavy atom. The van der Waals surface area contributed by atoms with Gasteiger partial charge in [0, 0.05) is 52.8 Å². The molecule has 2 aliphatic heterocycles. The van der Waals surface area contributed by atoms with Crippen LogP contribution in [0.1, 0.15) is 29.2 Å². The summed E-state index contributed by atoms with van der Waals surface area (Å²) in [6, 6.07) is 9.06. The van der Waals surface area contributed by atoms with E-state index in [0.29, 0.717) is 12.6 Å². The number of benzene rings is 1. The van der Waals surface area contributed by atoms with E-state index in [1.54, 1.807) is 7.11 Å². The van der Waals surface area contributed by atoms with Gasteiger partial charge in [-0.05, 0) is 24.0 Å². The lowest BCUT2D eigenvalue weighted by Gasteiger charge is -2.29. The van der Waals surface area contributed by atoms with Crippen LogP contribution in [-0.4, -0.2) is 65.5 Å². The number of guanidine groups is 1. The second kappa shape index (κ2) is 11.1. The maximum atomic E-state index is 5.14. The zero-order valence-electron chi connectivity index (χ0n) is 17.8. The summed E-state index contributed by atoms with van der Waals surface area (Å²) in [5.41, 5.74) is 2.95. The number of nitrogens with one attached hydrogen (secondary N) is 2. The van der Waals surface area contributed by atoms with Crippen molar-refractivity contribution >= 4 is 29.9 Å². The van der Waals surface area contributed by atoms with Gasteiger partial charge in [0.25, 0.3) is 0 Å². The van der Waals surface area contributed by atoms with Gasteiger partial charge in [-0.25, -0.2) is 9.67 Å². The lowest BCUT2D eigenvalue weighted by Crippen LogP contribution is -2.48. The fraction of sp³-hybridized carbons (Fsp3) is 0.571. The lowest BCUT2D eigenvalue weighted by atomic mass is 10.00. The summed E-state index contributed by atoms with van der Waals surface area (Å²) in [6.07, 6.45) is 3.07. The molecule has 0 fully saturated rings. The van der Waals surface area contributed by atoms with Crippen LogP contribution in [0.3, 0.4) is 0 Å². The van der Waals surface area contributed by atoms with Gasteiger partial charge in [-0.3, -0.25) is 9.89 Å². The standard InChI is InChI=1S/C21H31N7O.HI/c1-22-21(23-10-12-27-11-9-16-5-3-4-6-17(16)13-27)24-18-7-8-20-25-19(15-29-2)26-28(20)14-18;/h3-6,18H,7-15H2,1-2H3,(H2,22,23,24);1H. The van der Waals surface area contributed by atoms with Crippen LogP contribution in [0.15, 0.2) is 29.3 Å². The van der Waals surface area contributed by atoms with Gasteiger partial charge in [-0.15, -0.1) is 24.0 Å². The van der Waals surface area contributed by atoms with Gasteiger partial charge in [0.2, 0.25) is 0 Å². The summed E-state index contributed by atoms with van der Waals surface area (Å²) in [5, 5.41) is 11.6. The number of rotatable bonds is 6. The first-order valence-electron chi connectivity index (χ1n) is 10.4. The van der Waals surface area contributed by atoms with Gasteiger partial charge >= 0.3 is 0 Å². The minimum absolute atomic E-state index is 0. The third-order valence-electron chi connectivity index (χ3n) is 5.67. The largest absolute Gasteiger partial charge is 0.377 e. The topological polar surface area (TPSA) is 79.6 Å². The van der Waals surface area contributed by atoms with E-state index in [0.717, 1.165) is 69.6 Å². The number of aromatic nitrogens is 3. The molecule has 1 unspecified atom stereocenters. The number of nitrogens with zero attached hydrogens (tertiary/aromatic N) is 5. The molecular formula is C21H32IN7O. The van der Waals surface area contributed by atoms with E-state index >= 15 is 0 Å². The highest BCUT2D eigenvalue weighted by atomic mass is 127. The molecule has 3 heterocycles. The smallest absolute Gasteiger partial charge is 0.191 e. The van der Waals surface area contributed by atoms with E-state index in [1.165, 1.54) is 11.1 Å². The number of aryl methyl sites for hydroxylation is 1. The minimum atomic E-state index is 0. The first kappa shape index (κ1) is 23.0. The quantitative estimate of drug-likeness (QED) is 0.339. The van der Waals surface area contributed by atoms with Crippen LogP contribution >= 0.6 is 24.0 Å². The first-order valence-corrected chi connectivity index (χ1v) is 10.4. The molecule has 30 heavy (non-hydrogen) atoms. The zero-order valence-corrected chi connectivity index (χ0v) is 20.1. The molecular weight excluding hydrogens is 493 g/mol. The maximum Gasteiger partial charge on any atom is 0.191 e. The molecule has 9 heteroatoms. The number of fused-ring (bicyclic) bond motifs is 2. The number of hydrogen-bond acceptors (Lipinski definition) is 5. The van der Waals surface area contributed by atoms with Crippen LogP contribution < -0.4 is 10.6 Å². The fourth-order valence-corrected chi connectivity index (χ4v) is 4.13. The molecule has 2 N–H and O–H groups in total. The third kappa shape index (κ3) is 5.70. The molecule has 0 spiro atoms. The fourth-order valence-electron chi connectivity index (χ4n) is 4.13. The number of methoxy groups -OCH3 is 1. The SMILES string of the molecule is CN=C(NCCN1CCc2ccccc2C1)NC1CCc2nc(COC)nn2C1.I. The molecule has 1 atom stereocenters. The van der Waals surface area contributed by atoms with Crippen LogP contribution in [0.25, 0.3) is 0 Å². The predicted molar refractivity (Wildman–Crippen MR) is 128 cm³/mol. The normalized spacial score (nSPS) is 18.9. The Bertz CT molecular complexity index is 854. The monoisotopic (exact) mass is 525 g/mol. The molecule has 8 nitrogen and oxygen atoms in total. The maximum absolute atomic E-state index is 5.14. The van der Waals surface area contributed by atoms with Crippen molar-refractivity contribution in [2.24, 2.45) is 4.99 Å². The summed E-state index contributed by atoms with van der Waals surface area (Å²) in [4.78, 5) is 11.4. The molecule has 0 amide bonds. The molecule has 1 aromatic carbocycles. The van der Waals surface area contributed by atoms with Gasteiger partial charge < -0.3 is 15.4 Å². The lowest BCUT2D eigenvalue weighted by molar-refractivity contribution is 0.177. The average molecular weight is 525 g/mol. The van der Waals surface area contributed by atoms with Gasteiger partial charge in [0.1, 0.15) is 12.4 Å². The van der Waals surface area contributed by atoms with E-state index < -0.39 is 0 Å². The minimum Gasteiger partial charge on any atom is -0.377 e. The summed E-state index contributed by atoms with van der Waals surface area (Å²) in [7, 11) is 3.50. The van der Waals surface area contributed by atoms with Crippen molar-refractivity contribution in [3.63, 3.8) is 0 Å². The number of hydrogen-bond donors (Lipinski definition) is 2. The van der Waals surface area contributed by atoms with Crippen molar-refractivity contribution in [1.29, 1.82) is 0 Å². The molecule has 0 saturated heterocycles. The first-order chi connectivity index (χ1) is 14.2. The van der Waals surface area contributed by atoms with Crippen LogP contribution in [0.4, 0.5) is 0 Å². The highest BCUT2D eigenvalue weighted by Crippen LogP contribution is 2.18. The number of halogens is 1. The highest BCUT2D eigenvalue weighted by Gasteiger charge is 2.22. The van der Waals surface area contributed by atoms with E-state index in [-0.39, 0.29) is 24.0 Å². The predicted octanol–water partition coefficient (Wildman–Crippen LogP) is 1.58. The van der Waals surface area contributed by atoms with Crippen LogP contribution in [0, 0.1) is 0 Å². The van der Waals surface area contributed by atoms with Crippen LogP contribution in [-0.2, 0) is 37.3 Å². The summed E-state index contributed by atoms with van der Waals surface area (Å²) in [5.74, 6) is 2.66. The Morgan fingerprint density at radius 3 is 2.90 bits per heavy atom. The van der Waals surface area contributed by atoms with E-state index in [1.807, 2.05) is 11.7 Å². The van der Waals surface area contributed by atoms with E-state index in [2.05, 4.69) is 54.9 Å². The molecule has 2 aliphatic rings. The van der Waals surface area contributed by atoms with Gasteiger partial charge in [0.15, 0.2) is 11.8 Å². The molecule has 0 aliphatic carbocycles. The van der Waals surface area contributed by atoms with Crippen LogP contribution in [0.5, 0.6) is 0 Å². The van der Waals surface area contributed by atoms with E-state index in [4.69, 9.17) is 4.74 Å². The highest BCUT2D eigenvalue weighted by molar-refractivity contribution is 14.0. The van der Waals surface area contributed by atoms with Gasteiger partial charge in [-0.2, -0.15) is 5.10 Å². The second-order valence-electron chi connectivity index (χ2n) is 7.73. The van der Waals surface area contributed by atoms with Crippen molar-refractivity contribution in [1.82, 2.24) is 30.3 Å². The van der Waals surface area contributed by atoms with Crippen molar-refractivity contribution in [2.75, 3.05) is 33.8 Å². The molecule has 164 valence electrons. The molecule has 2 aromatic rings. The summed E-state index contributed by atoms with van der Waals surface area (Å²) in [6.45, 7) is 5.30. The molecule has 1 aromatic heterocycles. The second-order valence-corrected chi connectivity index (χ2v) is 7.73. The molecule has 4 rings (SSSR count). The molecule has 0 radical (unpaired) electrons. The van der Waals surface area contributed by atoms with Crippen LogP contribution in [0.2, 0.25) is 0 Å². The van der Waals surface area contributed by atoms with Crippen molar-refractivity contribution in [3.05, 3.63) is 47.0 Å².